The number of amides is 1. The summed E-state index contributed by atoms with van der Waals surface area (Å²) in [5.41, 5.74) is 1.98. The van der Waals surface area contributed by atoms with E-state index in [0.717, 1.165) is 5.56 Å². The SMILES string of the molecule is C#CCOc1ccc(CCNC(=O)c2ccc(C)c(S(=O)(=O)N(CC)CC)c2)cc1. The van der Waals surface area contributed by atoms with Crippen molar-refractivity contribution in [2.75, 3.05) is 26.2 Å². The number of nitrogens with zero attached hydrogens (tertiary/aromatic N) is 1. The van der Waals surface area contributed by atoms with Gasteiger partial charge in [-0.25, -0.2) is 8.42 Å². The third-order valence-corrected chi connectivity index (χ3v) is 6.91. The summed E-state index contributed by atoms with van der Waals surface area (Å²) in [5.74, 6) is 2.80. The van der Waals surface area contributed by atoms with Gasteiger partial charge in [0, 0.05) is 25.2 Å². The molecule has 30 heavy (non-hydrogen) atoms. The normalized spacial score (nSPS) is 11.2. The number of aryl methyl sites for hydroxylation is 1. The molecule has 1 N–H and O–H groups in total. The van der Waals surface area contributed by atoms with Crippen molar-refractivity contribution in [3.05, 3.63) is 59.2 Å². The first-order valence-corrected chi connectivity index (χ1v) is 11.3. The first-order valence-electron chi connectivity index (χ1n) is 9.87. The number of rotatable bonds is 10. The van der Waals surface area contributed by atoms with Gasteiger partial charge in [0.25, 0.3) is 5.91 Å². The number of terminal acetylenes is 1. The van der Waals surface area contributed by atoms with Gasteiger partial charge in [0.15, 0.2) is 0 Å². The molecule has 0 fully saturated rings. The third-order valence-electron chi connectivity index (χ3n) is 4.72. The highest BCUT2D eigenvalue weighted by atomic mass is 32.2. The Balaban J connectivity index is 2.03. The van der Waals surface area contributed by atoms with Gasteiger partial charge in [-0.1, -0.05) is 38.0 Å². The second-order valence-corrected chi connectivity index (χ2v) is 8.62. The fraction of sp³-hybridized carbons (Fsp3) is 0.348. The van der Waals surface area contributed by atoms with Crippen molar-refractivity contribution in [3.63, 3.8) is 0 Å². The van der Waals surface area contributed by atoms with E-state index in [1.54, 1.807) is 32.9 Å². The molecule has 0 aliphatic heterocycles. The maximum atomic E-state index is 12.9. The molecule has 2 aromatic rings. The average Bonchev–Trinajstić information content (AvgIpc) is 2.74. The van der Waals surface area contributed by atoms with Crippen LogP contribution < -0.4 is 10.1 Å². The Morgan fingerprint density at radius 1 is 1.13 bits per heavy atom. The summed E-state index contributed by atoms with van der Waals surface area (Å²) < 4.78 is 32.4. The Kier molecular flexibility index (Phi) is 8.46. The molecule has 0 aromatic heterocycles. The van der Waals surface area contributed by atoms with E-state index >= 15 is 0 Å². The number of hydrogen-bond donors (Lipinski definition) is 1. The van der Waals surface area contributed by atoms with Gasteiger partial charge < -0.3 is 10.1 Å². The van der Waals surface area contributed by atoms with Crippen LogP contribution in [0.25, 0.3) is 0 Å². The molecule has 6 nitrogen and oxygen atoms in total. The summed E-state index contributed by atoms with van der Waals surface area (Å²) in [4.78, 5) is 12.7. The van der Waals surface area contributed by atoms with Gasteiger partial charge in [0.2, 0.25) is 10.0 Å². The predicted octanol–water partition coefficient (Wildman–Crippen LogP) is 3.01. The fourth-order valence-electron chi connectivity index (χ4n) is 3.02. The molecular formula is C23H28N2O4S. The molecule has 0 aliphatic rings. The van der Waals surface area contributed by atoms with Gasteiger partial charge in [-0.3, -0.25) is 4.79 Å². The van der Waals surface area contributed by atoms with E-state index in [0.29, 0.717) is 42.9 Å². The maximum Gasteiger partial charge on any atom is 0.251 e. The predicted molar refractivity (Wildman–Crippen MR) is 118 cm³/mol. The van der Waals surface area contributed by atoms with Crippen LogP contribution in [-0.2, 0) is 16.4 Å². The molecule has 0 heterocycles. The molecule has 2 aromatic carbocycles. The Morgan fingerprint density at radius 2 is 1.80 bits per heavy atom. The first kappa shape index (κ1) is 23.5. The zero-order valence-electron chi connectivity index (χ0n) is 17.6. The quantitative estimate of drug-likeness (QED) is 0.590. The highest BCUT2D eigenvalue weighted by Gasteiger charge is 2.24. The molecule has 160 valence electrons. The van der Waals surface area contributed by atoms with Gasteiger partial charge in [0.1, 0.15) is 12.4 Å². The van der Waals surface area contributed by atoms with E-state index in [-0.39, 0.29) is 17.4 Å². The molecule has 0 unspecified atom stereocenters. The smallest absolute Gasteiger partial charge is 0.251 e. The molecule has 0 radical (unpaired) electrons. The van der Waals surface area contributed by atoms with Crippen LogP contribution in [0.4, 0.5) is 0 Å². The number of carbonyl (C=O) groups excluding carboxylic acids is 1. The second-order valence-electron chi connectivity index (χ2n) is 6.71. The van der Waals surface area contributed by atoms with Gasteiger partial charge >= 0.3 is 0 Å². The number of carbonyl (C=O) groups is 1. The Bertz CT molecular complexity index is 1000. The Morgan fingerprint density at radius 3 is 2.40 bits per heavy atom. The second kappa shape index (κ2) is 10.8. The number of benzene rings is 2. The van der Waals surface area contributed by atoms with E-state index in [2.05, 4.69) is 11.2 Å². The summed E-state index contributed by atoms with van der Waals surface area (Å²) in [6, 6.07) is 12.3. The largest absolute Gasteiger partial charge is 0.481 e. The molecule has 0 saturated heterocycles. The lowest BCUT2D eigenvalue weighted by molar-refractivity contribution is 0.0954. The molecular weight excluding hydrogens is 400 g/mol. The van der Waals surface area contributed by atoms with Crippen molar-refractivity contribution in [3.8, 4) is 18.1 Å². The highest BCUT2D eigenvalue weighted by Crippen LogP contribution is 2.21. The van der Waals surface area contributed by atoms with Crippen molar-refractivity contribution < 1.29 is 17.9 Å². The number of sulfonamides is 1. The number of hydrogen-bond acceptors (Lipinski definition) is 4. The zero-order chi connectivity index (χ0) is 22.1. The molecule has 1 amide bonds. The average molecular weight is 429 g/mol. The van der Waals surface area contributed by atoms with Gasteiger partial charge in [-0.2, -0.15) is 4.31 Å². The minimum atomic E-state index is -3.63. The van der Waals surface area contributed by atoms with Crippen LogP contribution in [0.2, 0.25) is 0 Å². The van der Waals surface area contributed by atoms with E-state index < -0.39 is 10.0 Å². The van der Waals surface area contributed by atoms with Gasteiger partial charge in [-0.15, -0.1) is 6.42 Å². The zero-order valence-corrected chi connectivity index (χ0v) is 18.5. The fourth-order valence-corrected chi connectivity index (χ4v) is 4.73. The van der Waals surface area contributed by atoms with Crippen molar-refractivity contribution in [1.29, 1.82) is 0 Å². The third kappa shape index (κ3) is 5.85. The van der Waals surface area contributed by atoms with E-state index in [4.69, 9.17) is 11.2 Å². The molecule has 0 bridgehead atoms. The Hall–Kier alpha value is -2.82. The molecule has 0 saturated carbocycles. The van der Waals surface area contributed by atoms with E-state index in [1.807, 2.05) is 24.3 Å². The van der Waals surface area contributed by atoms with Crippen molar-refractivity contribution in [2.24, 2.45) is 0 Å². The first-order chi connectivity index (χ1) is 14.3. The lowest BCUT2D eigenvalue weighted by Gasteiger charge is -2.20. The molecule has 0 spiro atoms. The minimum Gasteiger partial charge on any atom is -0.481 e. The van der Waals surface area contributed by atoms with E-state index in [9.17, 15) is 13.2 Å². The molecule has 0 aliphatic carbocycles. The monoisotopic (exact) mass is 428 g/mol. The van der Waals surface area contributed by atoms with Gasteiger partial charge in [-0.05, 0) is 48.7 Å². The van der Waals surface area contributed by atoms with Crippen LogP contribution in [0.1, 0.15) is 35.3 Å². The number of nitrogens with one attached hydrogen (secondary N) is 1. The summed E-state index contributed by atoms with van der Waals surface area (Å²) in [5, 5.41) is 2.85. The lowest BCUT2D eigenvalue weighted by atomic mass is 10.1. The summed E-state index contributed by atoms with van der Waals surface area (Å²) >= 11 is 0. The summed E-state index contributed by atoms with van der Waals surface area (Å²) in [6.45, 7) is 6.71. The van der Waals surface area contributed by atoms with Crippen LogP contribution >= 0.6 is 0 Å². The van der Waals surface area contributed by atoms with Crippen molar-refractivity contribution in [2.45, 2.75) is 32.1 Å². The molecule has 0 atom stereocenters. The van der Waals surface area contributed by atoms with Crippen molar-refractivity contribution >= 4 is 15.9 Å². The molecule has 7 heteroatoms. The summed E-state index contributed by atoms with van der Waals surface area (Å²) in [7, 11) is -3.63. The highest BCUT2D eigenvalue weighted by molar-refractivity contribution is 7.89. The topological polar surface area (TPSA) is 75.7 Å². The number of ether oxygens (including phenoxy) is 1. The summed E-state index contributed by atoms with van der Waals surface area (Å²) in [6.07, 6.45) is 5.80. The molecule has 2 rings (SSSR count). The van der Waals surface area contributed by atoms with Crippen LogP contribution in [0.15, 0.2) is 47.4 Å². The lowest BCUT2D eigenvalue weighted by Crippen LogP contribution is -2.31. The van der Waals surface area contributed by atoms with Crippen LogP contribution in [0, 0.1) is 19.3 Å². The standard InChI is InChI=1S/C23H28N2O4S/c1-5-16-29-21-12-9-19(10-13-21)14-15-24-23(26)20-11-8-18(4)22(17-20)30(27,28)25(6-2)7-3/h1,8-13,17H,6-7,14-16H2,2-4H3,(H,24,26). The van der Waals surface area contributed by atoms with Crippen molar-refractivity contribution in [1.82, 2.24) is 9.62 Å². The Labute approximate surface area is 179 Å². The van der Waals surface area contributed by atoms with Crippen LogP contribution in [0.3, 0.4) is 0 Å². The van der Waals surface area contributed by atoms with Crippen LogP contribution in [-0.4, -0.2) is 44.9 Å². The minimum absolute atomic E-state index is 0.168. The van der Waals surface area contributed by atoms with E-state index in [1.165, 1.54) is 10.4 Å². The van der Waals surface area contributed by atoms with Crippen LogP contribution in [0.5, 0.6) is 5.75 Å². The maximum absolute atomic E-state index is 12.9. The van der Waals surface area contributed by atoms with Gasteiger partial charge in [0.05, 0.1) is 4.90 Å².